The van der Waals surface area contributed by atoms with E-state index in [0.29, 0.717) is 18.4 Å². The predicted octanol–water partition coefficient (Wildman–Crippen LogP) is 9.66. The Labute approximate surface area is 317 Å². The van der Waals surface area contributed by atoms with E-state index < -0.39 is 17.5 Å². The molecule has 6 aliphatic rings. The van der Waals surface area contributed by atoms with Crippen molar-refractivity contribution in [3.05, 3.63) is 121 Å². The number of ether oxygens (including phenoxy) is 1. The number of aliphatic imine (C=N–C) groups is 3. The Morgan fingerprint density at radius 1 is 0.926 bits per heavy atom. The van der Waals surface area contributed by atoms with Crippen LogP contribution in [0.5, 0.6) is 0 Å². The third-order valence-corrected chi connectivity index (χ3v) is 11.3. The van der Waals surface area contributed by atoms with Crippen LogP contribution in [0.4, 0.5) is 0 Å². The monoisotopic (exact) mass is 726 g/mol. The number of carbonyl (C=O) groups excluding carboxylic acids is 1. The Morgan fingerprint density at radius 3 is 2.26 bits per heavy atom. The summed E-state index contributed by atoms with van der Waals surface area (Å²) in [4.78, 5) is 40.9. The number of aliphatic carboxylic acids is 1. The fourth-order valence-electron chi connectivity index (χ4n) is 8.69. The highest BCUT2D eigenvalue weighted by Gasteiger charge is 2.43. The molecule has 280 valence electrons. The Bertz CT molecular complexity index is 2270. The molecule has 0 aromatic heterocycles. The van der Waals surface area contributed by atoms with E-state index in [2.05, 4.69) is 52.9 Å². The van der Waals surface area contributed by atoms with E-state index in [0.717, 1.165) is 102 Å². The van der Waals surface area contributed by atoms with Gasteiger partial charge in [-0.2, -0.15) is 0 Å². The molecule has 0 amide bonds. The molecular formula is C45H50N4O5. The van der Waals surface area contributed by atoms with Crippen molar-refractivity contribution in [2.24, 2.45) is 32.7 Å². The van der Waals surface area contributed by atoms with E-state index in [1.54, 1.807) is 12.1 Å². The molecule has 5 heterocycles. The second-order valence-electron chi connectivity index (χ2n) is 16.3. The van der Waals surface area contributed by atoms with Gasteiger partial charge in [-0.15, -0.1) is 0 Å². The summed E-state index contributed by atoms with van der Waals surface area (Å²) in [7, 11) is 0. The van der Waals surface area contributed by atoms with Crippen LogP contribution in [-0.4, -0.2) is 44.9 Å². The number of hydrogen-bond acceptors (Lipinski definition) is 8. The molecule has 3 N–H and O–H groups in total. The van der Waals surface area contributed by atoms with Gasteiger partial charge in [-0.1, -0.05) is 39.8 Å². The average Bonchev–Trinajstić information content (AvgIpc) is 3.85. The number of carboxylic acid groups (broad SMARTS) is 1. The lowest BCUT2D eigenvalue weighted by Gasteiger charge is -2.20. The van der Waals surface area contributed by atoms with Crippen LogP contribution < -0.4 is 5.32 Å². The third kappa shape index (κ3) is 6.27. The van der Waals surface area contributed by atoms with Crippen molar-refractivity contribution in [2.45, 2.75) is 101 Å². The minimum atomic E-state index is -0.861. The lowest BCUT2D eigenvalue weighted by Crippen LogP contribution is -2.23. The maximum absolute atomic E-state index is 13.1. The number of hydrogen-bond donors (Lipinski definition) is 3. The number of esters is 1. The first kappa shape index (κ1) is 37.0. The molecule has 1 saturated heterocycles. The Morgan fingerprint density at radius 2 is 1.63 bits per heavy atom. The molecule has 0 saturated carbocycles. The number of carbonyl (C=O) groups is 2. The van der Waals surface area contributed by atoms with Crippen LogP contribution in [0.15, 0.2) is 125 Å². The van der Waals surface area contributed by atoms with Crippen LogP contribution in [0, 0.1) is 17.8 Å². The van der Waals surface area contributed by atoms with Gasteiger partial charge in [-0.3, -0.25) is 4.79 Å². The van der Waals surface area contributed by atoms with E-state index in [1.165, 1.54) is 0 Å². The molecule has 54 heavy (non-hydrogen) atoms. The van der Waals surface area contributed by atoms with Crippen molar-refractivity contribution >= 4 is 34.6 Å². The number of nitrogens with one attached hydrogen (secondary N) is 1. The highest BCUT2D eigenvalue weighted by atomic mass is 16.6. The molecule has 7 rings (SSSR count). The molecule has 5 aliphatic heterocycles. The number of carboxylic acids is 1. The molecule has 9 nitrogen and oxygen atoms in total. The van der Waals surface area contributed by atoms with Crippen molar-refractivity contribution < 1.29 is 24.5 Å². The molecule has 1 aliphatic carbocycles. The Balaban J connectivity index is 1.53. The number of fused-ring (bicyclic) bond motifs is 5. The van der Waals surface area contributed by atoms with Crippen LogP contribution in [0.2, 0.25) is 0 Å². The topological polar surface area (TPSA) is 133 Å². The molecule has 1 aromatic rings. The lowest BCUT2D eigenvalue weighted by molar-refractivity contribution is -0.137. The van der Waals surface area contributed by atoms with Crippen molar-refractivity contribution in [3.8, 4) is 0 Å². The predicted molar refractivity (Wildman–Crippen MR) is 214 cm³/mol. The zero-order valence-electron chi connectivity index (χ0n) is 33.0. The molecular weight excluding hydrogens is 677 g/mol. The van der Waals surface area contributed by atoms with Crippen molar-refractivity contribution in [1.82, 2.24) is 5.32 Å². The SMILES string of the molecule is CCC1=C(C)C2=NC1=CC1=C(C)C3=C(O)CC(=C4NC(=C(c5ccc(C(=O)OC(C)(C)C)cc5)C5=NC(=C2)C(C(C)C)=C5C)[C@@H](C)[C@@H]4CCC(=O)O)C3=N1. The van der Waals surface area contributed by atoms with Crippen LogP contribution in [0.1, 0.15) is 111 Å². The minimum Gasteiger partial charge on any atom is -0.511 e. The number of benzene rings is 1. The average molecular weight is 727 g/mol. The Kier molecular flexibility index (Phi) is 9.27. The standard InChI is InChI=1S/C45H50N4O5/c1-11-28-22(4)31-20-34-37(21(2)3)25(7)41(48-34)39(26-12-14-27(15-13-26)44(53)54-45(8,9)10)40-23(5)29(16-17-36(51)52)42(49-40)30-18-35(50)38-24(6)32(47-43(30)38)19-33(28)46-31/h12-15,19-21,23,29,49-50H,11,16-18H2,1-10H3,(H,51,52)/t23-,29-/m0/s1. The van der Waals surface area contributed by atoms with E-state index >= 15 is 0 Å². The summed E-state index contributed by atoms with van der Waals surface area (Å²) in [6.45, 7) is 20.4. The van der Waals surface area contributed by atoms with Crippen LogP contribution in [0.25, 0.3) is 5.57 Å². The smallest absolute Gasteiger partial charge is 0.338 e. The normalized spacial score (nSPS) is 22.4. The summed E-state index contributed by atoms with van der Waals surface area (Å²) in [5.41, 5.74) is 15.2. The van der Waals surface area contributed by atoms with E-state index in [1.807, 2.05) is 45.9 Å². The summed E-state index contributed by atoms with van der Waals surface area (Å²) in [6, 6.07) is 7.47. The number of rotatable bonds is 7. The summed E-state index contributed by atoms with van der Waals surface area (Å²) < 4.78 is 5.68. The van der Waals surface area contributed by atoms with Crippen LogP contribution in [0.3, 0.4) is 0 Å². The highest BCUT2D eigenvalue weighted by Crippen LogP contribution is 2.49. The third-order valence-electron chi connectivity index (χ3n) is 11.3. The first-order valence-corrected chi connectivity index (χ1v) is 19.0. The summed E-state index contributed by atoms with van der Waals surface area (Å²) >= 11 is 0. The molecule has 0 radical (unpaired) electrons. The van der Waals surface area contributed by atoms with Crippen molar-refractivity contribution in [1.29, 1.82) is 0 Å². The zero-order chi connectivity index (χ0) is 39.0. The molecule has 1 aromatic carbocycles. The maximum Gasteiger partial charge on any atom is 0.338 e. The largest absolute Gasteiger partial charge is 0.511 e. The van der Waals surface area contributed by atoms with Gasteiger partial charge < -0.3 is 20.3 Å². The van der Waals surface area contributed by atoms with E-state index in [-0.39, 0.29) is 29.9 Å². The van der Waals surface area contributed by atoms with Gasteiger partial charge in [-0.25, -0.2) is 19.8 Å². The van der Waals surface area contributed by atoms with Gasteiger partial charge in [0.25, 0.3) is 0 Å². The van der Waals surface area contributed by atoms with Crippen LogP contribution in [-0.2, 0) is 9.53 Å². The van der Waals surface area contributed by atoms with Crippen molar-refractivity contribution in [2.75, 3.05) is 0 Å². The minimum absolute atomic E-state index is 0.0100. The van der Waals surface area contributed by atoms with Gasteiger partial charge in [0.1, 0.15) is 11.4 Å². The molecule has 2 atom stereocenters. The van der Waals surface area contributed by atoms with Gasteiger partial charge >= 0.3 is 11.9 Å². The highest BCUT2D eigenvalue weighted by molar-refractivity contribution is 6.34. The number of aliphatic hydroxyl groups excluding tert-OH is 1. The lowest BCUT2D eigenvalue weighted by atomic mass is 9.83. The van der Waals surface area contributed by atoms with Gasteiger partial charge in [0, 0.05) is 52.8 Å². The second-order valence-corrected chi connectivity index (χ2v) is 16.3. The fraction of sp³-hybridized carbons (Fsp3) is 0.400. The number of allylic oxidation sites excluding steroid dienone is 12. The first-order valence-electron chi connectivity index (χ1n) is 19.0. The van der Waals surface area contributed by atoms with Gasteiger partial charge in [-0.05, 0) is 118 Å². The van der Waals surface area contributed by atoms with Crippen LogP contribution >= 0.6 is 0 Å². The quantitative estimate of drug-likeness (QED) is 0.240. The van der Waals surface area contributed by atoms with E-state index in [9.17, 15) is 19.8 Å². The summed E-state index contributed by atoms with van der Waals surface area (Å²) in [6.07, 6.45) is 5.62. The number of aliphatic hydroxyl groups is 1. The molecule has 1 fully saturated rings. The number of nitrogens with zero attached hydrogens (tertiary/aromatic N) is 3. The molecule has 0 unspecified atom stereocenters. The van der Waals surface area contributed by atoms with Crippen molar-refractivity contribution in [3.63, 3.8) is 0 Å². The zero-order valence-corrected chi connectivity index (χ0v) is 33.0. The maximum atomic E-state index is 13.1. The molecule has 8 bridgehead atoms. The Hall–Kier alpha value is -5.31. The summed E-state index contributed by atoms with van der Waals surface area (Å²) in [5, 5.41) is 25.2. The first-order chi connectivity index (χ1) is 25.5. The van der Waals surface area contributed by atoms with E-state index in [4.69, 9.17) is 19.7 Å². The molecule has 0 spiro atoms. The van der Waals surface area contributed by atoms with Gasteiger partial charge in [0.2, 0.25) is 0 Å². The summed E-state index contributed by atoms with van der Waals surface area (Å²) in [5.74, 6) is -1.18. The fourth-order valence-corrected chi connectivity index (χ4v) is 8.69. The second kappa shape index (κ2) is 13.5. The van der Waals surface area contributed by atoms with Gasteiger partial charge in [0.05, 0.1) is 39.8 Å². The van der Waals surface area contributed by atoms with Gasteiger partial charge in [0.15, 0.2) is 0 Å². The molecule has 9 heteroatoms.